The van der Waals surface area contributed by atoms with Gasteiger partial charge in [-0.3, -0.25) is 14.6 Å². The smallest absolute Gasteiger partial charge is 0.308 e. The van der Waals surface area contributed by atoms with Crippen molar-refractivity contribution in [3.05, 3.63) is 65.7 Å². The van der Waals surface area contributed by atoms with Crippen LogP contribution in [0.2, 0.25) is 0 Å². The quantitative estimate of drug-likeness (QED) is 0.907. The van der Waals surface area contributed by atoms with Gasteiger partial charge in [-0.1, -0.05) is 12.1 Å². The molecule has 0 bridgehead atoms. The molecule has 0 unspecified atom stereocenters. The number of carboxylic acids is 1. The number of likely N-dealkylation sites (tertiary alicyclic amines) is 1. The molecule has 2 atom stereocenters. The van der Waals surface area contributed by atoms with Crippen molar-refractivity contribution in [2.24, 2.45) is 5.92 Å². The van der Waals surface area contributed by atoms with Gasteiger partial charge in [0.25, 0.3) is 0 Å². The largest absolute Gasteiger partial charge is 0.481 e. The number of aromatic nitrogens is 1. The van der Waals surface area contributed by atoms with Gasteiger partial charge in [-0.15, -0.1) is 0 Å². The molecule has 6 heteroatoms. The highest BCUT2D eigenvalue weighted by Gasteiger charge is 2.40. The molecule has 5 nitrogen and oxygen atoms in total. The van der Waals surface area contributed by atoms with E-state index in [4.69, 9.17) is 0 Å². The molecule has 1 aliphatic heterocycles. The summed E-state index contributed by atoms with van der Waals surface area (Å²) >= 11 is 0. The normalized spacial score (nSPS) is 20.5. The van der Waals surface area contributed by atoms with Crippen molar-refractivity contribution >= 4 is 11.9 Å². The zero-order chi connectivity index (χ0) is 17.8. The van der Waals surface area contributed by atoms with Crippen molar-refractivity contribution in [2.45, 2.75) is 25.3 Å². The highest BCUT2D eigenvalue weighted by Crippen LogP contribution is 2.36. The van der Waals surface area contributed by atoms with Crippen LogP contribution in [0.4, 0.5) is 4.39 Å². The summed E-state index contributed by atoms with van der Waals surface area (Å²) in [6, 6.07) is 9.12. The number of nitrogens with zero attached hydrogens (tertiary/aromatic N) is 2. The standard InChI is InChI=1S/C19H19FN2O3/c20-15-3-1-13(2-4-15)9-12-22-17(23)6-5-16(19(24)25)18(22)14-7-10-21-11-8-14/h1-4,7-8,10-11,16,18H,5-6,9,12H2,(H,24,25)/t16-,18-/m0/s1. The Bertz CT molecular complexity index is 749. The van der Waals surface area contributed by atoms with Crippen LogP contribution in [0.15, 0.2) is 48.8 Å². The fourth-order valence-corrected chi connectivity index (χ4v) is 3.35. The predicted octanol–water partition coefficient (Wildman–Crippen LogP) is 2.83. The van der Waals surface area contributed by atoms with Crippen LogP contribution in [-0.2, 0) is 16.0 Å². The van der Waals surface area contributed by atoms with E-state index < -0.39 is 17.9 Å². The maximum atomic E-state index is 13.0. The van der Waals surface area contributed by atoms with E-state index in [0.29, 0.717) is 19.4 Å². The van der Waals surface area contributed by atoms with Crippen LogP contribution >= 0.6 is 0 Å². The highest BCUT2D eigenvalue weighted by atomic mass is 19.1. The van der Waals surface area contributed by atoms with E-state index in [2.05, 4.69) is 4.98 Å². The molecule has 3 rings (SSSR count). The molecule has 25 heavy (non-hydrogen) atoms. The Labute approximate surface area is 145 Å². The Morgan fingerprint density at radius 2 is 1.88 bits per heavy atom. The molecule has 0 spiro atoms. The Morgan fingerprint density at radius 1 is 1.20 bits per heavy atom. The summed E-state index contributed by atoms with van der Waals surface area (Å²) in [5.74, 6) is -1.91. The van der Waals surface area contributed by atoms with Gasteiger partial charge in [0.05, 0.1) is 12.0 Å². The molecule has 1 N–H and O–H groups in total. The SMILES string of the molecule is O=C(O)[C@H]1CCC(=O)N(CCc2ccc(F)cc2)[C@H]1c1ccncc1. The molecule has 2 heterocycles. The van der Waals surface area contributed by atoms with Crippen molar-refractivity contribution in [2.75, 3.05) is 6.54 Å². The number of hydrogen-bond donors (Lipinski definition) is 1. The molecule has 1 aliphatic rings. The molecule has 130 valence electrons. The van der Waals surface area contributed by atoms with Crippen LogP contribution in [0, 0.1) is 11.7 Å². The van der Waals surface area contributed by atoms with Crippen LogP contribution < -0.4 is 0 Å². The minimum Gasteiger partial charge on any atom is -0.481 e. The number of carbonyl (C=O) groups excluding carboxylic acids is 1. The molecule has 1 fully saturated rings. The van der Waals surface area contributed by atoms with Crippen LogP contribution in [0.3, 0.4) is 0 Å². The van der Waals surface area contributed by atoms with Crippen LogP contribution in [-0.4, -0.2) is 33.4 Å². The van der Waals surface area contributed by atoms with Crippen molar-refractivity contribution in [1.82, 2.24) is 9.88 Å². The number of hydrogen-bond acceptors (Lipinski definition) is 3. The molecule has 1 aromatic carbocycles. The first kappa shape index (κ1) is 17.1. The lowest BCUT2D eigenvalue weighted by atomic mass is 9.84. The van der Waals surface area contributed by atoms with Crippen molar-refractivity contribution in [3.63, 3.8) is 0 Å². The fraction of sp³-hybridized carbons (Fsp3) is 0.316. The van der Waals surface area contributed by atoms with E-state index in [0.717, 1.165) is 11.1 Å². The monoisotopic (exact) mass is 342 g/mol. The minimum atomic E-state index is -0.902. The van der Waals surface area contributed by atoms with Gasteiger partial charge in [0.2, 0.25) is 5.91 Å². The summed E-state index contributed by atoms with van der Waals surface area (Å²) in [5.41, 5.74) is 1.68. The fourth-order valence-electron chi connectivity index (χ4n) is 3.35. The molecule has 1 amide bonds. The molecular weight excluding hydrogens is 323 g/mol. The lowest BCUT2D eigenvalue weighted by Crippen LogP contribution is -2.46. The highest BCUT2D eigenvalue weighted by molar-refractivity contribution is 5.81. The van der Waals surface area contributed by atoms with E-state index in [1.807, 2.05) is 0 Å². The number of carboxylic acid groups (broad SMARTS) is 1. The van der Waals surface area contributed by atoms with Crippen LogP contribution in [0.1, 0.15) is 30.0 Å². The third-order valence-corrected chi connectivity index (χ3v) is 4.63. The third kappa shape index (κ3) is 3.84. The average Bonchev–Trinajstić information content (AvgIpc) is 2.62. The van der Waals surface area contributed by atoms with Crippen molar-refractivity contribution < 1.29 is 19.1 Å². The molecule has 0 aliphatic carbocycles. The summed E-state index contributed by atoms with van der Waals surface area (Å²) in [5, 5.41) is 9.59. The number of aliphatic carboxylic acids is 1. The number of piperidine rings is 1. The van der Waals surface area contributed by atoms with E-state index in [-0.39, 0.29) is 18.1 Å². The van der Waals surface area contributed by atoms with Gasteiger partial charge in [-0.25, -0.2) is 4.39 Å². The first-order valence-electron chi connectivity index (χ1n) is 8.23. The Hall–Kier alpha value is -2.76. The first-order valence-corrected chi connectivity index (χ1v) is 8.23. The van der Waals surface area contributed by atoms with Crippen molar-refractivity contribution in [3.8, 4) is 0 Å². The predicted molar refractivity (Wildman–Crippen MR) is 89.2 cm³/mol. The van der Waals surface area contributed by atoms with E-state index in [1.165, 1.54) is 12.1 Å². The Balaban J connectivity index is 1.85. The Morgan fingerprint density at radius 3 is 2.52 bits per heavy atom. The van der Waals surface area contributed by atoms with E-state index >= 15 is 0 Å². The van der Waals surface area contributed by atoms with Gasteiger partial charge in [-0.2, -0.15) is 0 Å². The molecule has 2 aromatic rings. The summed E-state index contributed by atoms with van der Waals surface area (Å²) < 4.78 is 13.0. The topological polar surface area (TPSA) is 70.5 Å². The van der Waals surface area contributed by atoms with Gasteiger partial charge in [-0.05, 0) is 48.2 Å². The number of amides is 1. The molecule has 0 radical (unpaired) electrons. The summed E-state index contributed by atoms with van der Waals surface area (Å²) in [6.45, 7) is 0.390. The van der Waals surface area contributed by atoms with Gasteiger partial charge >= 0.3 is 5.97 Å². The number of rotatable bonds is 5. The molecule has 1 aromatic heterocycles. The summed E-state index contributed by atoms with van der Waals surface area (Å²) in [6.07, 6.45) is 4.30. The number of carbonyl (C=O) groups is 2. The van der Waals surface area contributed by atoms with Crippen LogP contribution in [0.5, 0.6) is 0 Å². The molecular formula is C19H19FN2O3. The summed E-state index contributed by atoms with van der Waals surface area (Å²) in [7, 11) is 0. The summed E-state index contributed by atoms with van der Waals surface area (Å²) in [4.78, 5) is 29.8. The van der Waals surface area contributed by atoms with Gasteiger partial charge < -0.3 is 10.0 Å². The lowest BCUT2D eigenvalue weighted by molar-refractivity contribution is -0.152. The molecule has 1 saturated heterocycles. The van der Waals surface area contributed by atoms with Crippen molar-refractivity contribution in [1.29, 1.82) is 0 Å². The second-order valence-electron chi connectivity index (χ2n) is 6.17. The second kappa shape index (κ2) is 7.42. The molecule has 0 saturated carbocycles. The lowest BCUT2D eigenvalue weighted by Gasteiger charge is -2.39. The number of halogens is 1. The van der Waals surface area contributed by atoms with Gasteiger partial charge in [0, 0.05) is 25.4 Å². The zero-order valence-electron chi connectivity index (χ0n) is 13.6. The third-order valence-electron chi connectivity index (χ3n) is 4.63. The Kier molecular flexibility index (Phi) is 5.07. The van der Waals surface area contributed by atoms with Crippen LogP contribution in [0.25, 0.3) is 0 Å². The van der Waals surface area contributed by atoms with Gasteiger partial charge in [0.15, 0.2) is 0 Å². The van der Waals surface area contributed by atoms with E-state index in [1.54, 1.807) is 41.6 Å². The maximum absolute atomic E-state index is 13.0. The maximum Gasteiger partial charge on any atom is 0.308 e. The minimum absolute atomic E-state index is 0.0542. The van der Waals surface area contributed by atoms with Gasteiger partial charge in [0.1, 0.15) is 5.82 Å². The number of pyridine rings is 1. The first-order chi connectivity index (χ1) is 12.1. The van der Waals surface area contributed by atoms with E-state index in [9.17, 15) is 19.1 Å². The second-order valence-corrected chi connectivity index (χ2v) is 6.17. The average molecular weight is 342 g/mol. The number of benzene rings is 1. The zero-order valence-corrected chi connectivity index (χ0v) is 13.6.